The van der Waals surface area contributed by atoms with E-state index in [2.05, 4.69) is 0 Å². The Kier molecular flexibility index (Phi) is 4.89. The molecule has 0 fully saturated rings. The molecule has 0 aliphatic carbocycles. The molecule has 0 saturated carbocycles. The number of guanidine groups is 1. The van der Waals surface area contributed by atoms with Crippen molar-refractivity contribution in [3.8, 4) is 11.1 Å². The Labute approximate surface area is 169 Å². The molecule has 1 aliphatic heterocycles. The molecule has 0 radical (unpaired) electrons. The maximum Gasteiger partial charge on any atom is 0.266 e. The summed E-state index contributed by atoms with van der Waals surface area (Å²) in [4.78, 5) is 19.8. The number of hydrogen-bond acceptors (Lipinski definition) is 3. The van der Waals surface area contributed by atoms with Crippen LogP contribution in [0.2, 0.25) is 0 Å². The smallest absolute Gasteiger partial charge is 0.266 e. The molecule has 0 aromatic heterocycles. The Morgan fingerprint density at radius 1 is 0.931 bits per heavy atom. The van der Waals surface area contributed by atoms with Gasteiger partial charge in [-0.05, 0) is 46.9 Å². The van der Waals surface area contributed by atoms with Crippen LogP contribution in [-0.4, -0.2) is 23.3 Å². The van der Waals surface area contributed by atoms with Gasteiger partial charge in [0, 0.05) is 6.54 Å². The van der Waals surface area contributed by atoms with Crippen molar-refractivity contribution in [1.82, 2.24) is 4.90 Å². The first-order valence-electron chi connectivity index (χ1n) is 9.65. The molecular weight excluding hydrogens is 365 g/mol. The van der Waals surface area contributed by atoms with Gasteiger partial charge in [0.1, 0.15) is 5.82 Å². The van der Waals surface area contributed by atoms with E-state index in [9.17, 15) is 9.18 Å². The Morgan fingerprint density at radius 3 is 2.28 bits per heavy atom. The van der Waals surface area contributed by atoms with Gasteiger partial charge in [0.25, 0.3) is 5.91 Å². The molecule has 1 amide bonds. The molecule has 1 aliphatic rings. The molecule has 1 atom stereocenters. The summed E-state index contributed by atoms with van der Waals surface area (Å²) in [6.45, 7) is 2.50. The van der Waals surface area contributed by atoms with Crippen molar-refractivity contribution in [3.63, 3.8) is 0 Å². The van der Waals surface area contributed by atoms with E-state index in [1.54, 1.807) is 11.0 Å². The summed E-state index contributed by atoms with van der Waals surface area (Å²) >= 11 is 0. The molecule has 3 aromatic carbocycles. The highest BCUT2D eigenvalue weighted by atomic mass is 19.1. The van der Waals surface area contributed by atoms with Crippen LogP contribution in [0.5, 0.6) is 0 Å². The topological polar surface area (TPSA) is 58.7 Å². The third kappa shape index (κ3) is 3.18. The predicted octanol–water partition coefficient (Wildman–Crippen LogP) is 4.30. The molecule has 1 heterocycles. The van der Waals surface area contributed by atoms with Gasteiger partial charge in [-0.2, -0.15) is 0 Å². The molecule has 0 bridgehead atoms. The zero-order valence-electron chi connectivity index (χ0n) is 16.2. The lowest BCUT2D eigenvalue weighted by Gasteiger charge is -2.27. The average molecular weight is 387 g/mol. The first-order valence-corrected chi connectivity index (χ1v) is 9.65. The highest BCUT2D eigenvalue weighted by Gasteiger charge is 2.50. The quantitative estimate of drug-likeness (QED) is 0.709. The summed E-state index contributed by atoms with van der Waals surface area (Å²) in [6, 6.07) is 23.4. The SMILES string of the molecule is CCCN1C(=O)C(c2ccccc2)(c2cccc(-c3cccc(F)c3)c2)N=C1N. The summed E-state index contributed by atoms with van der Waals surface area (Å²) < 4.78 is 13.7. The largest absolute Gasteiger partial charge is 0.369 e. The van der Waals surface area contributed by atoms with Gasteiger partial charge < -0.3 is 5.73 Å². The minimum atomic E-state index is -1.25. The molecule has 4 rings (SSSR count). The first-order chi connectivity index (χ1) is 14.1. The van der Waals surface area contributed by atoms with Gasteiger partial charge >= 0.3 is 0 Å². The van der Waals surface area contributed by atoms with Crippen LogP contribution in [0.15, 0.2) is 83.9 Å². The zero-order valence-corrected chi connectivity index (χ0v) is 16.2. The average Bonchev–Trinajstić information content (AvgIpc) is 3.00. The molecule has 29 heavy (non-hydrogen) atoms. The van der Waals surface area contributed by atoms with E-state index in [0.717, 1.165) is 23.1 Å². The van der Waals surface area contributed by atoms with E-state index < -0.39 is 5.54 Å². The Hall–Kier alpha value is -3.47. The van der Waals surface area contributed by atoms with Crippen molar-refractivity contribution in [2.45, 2.75) is 18.9 Å². The Bertz CT molecular complexity index is 1080. The number of nitrogens with two attached hydrogens (primary N) is 1. The van der Waals surface area contributed by atoms with Crippen LogP contribution in [0.1, 0.15) is 24.5 Å². The number of benzene rings is 3. The third-order valence-electron chi connectivity index (χ3n) is 5.19. The van der Waals surface area contributed by atoms with Crippen LogP contribution < -0.4 is 5.73 Å². The highest BCUT2D eigenvalue weighted by molar-refractivity contribution is 6.09. The van der Waals surface area contributed by atoms with Gasteiger partial charge in [-0.1, -0.05) is 67.6 Å². The molecule has 3 aromatic rings. The van der Waals surface area contributed by atoms with E-state index in [4.69, 9.17) is 10.7 Å². The van der Waals surface area contributed by atoms with E-state index in [1.807, 2.05) is 67.6 Å². The van der Waals surface area contributed by atoms with Gasteiger partial charge in [-0.15, -0.1) is 0 Å². The summed E-state index contributed by atoms with van der Waals surface area (Å²) in [6.07, 6.45) is 0.774. The van der Waals surface area contributed by atoms with Crippen molar-refractivity contribution in [2.24, 2.45) is 10.7 Å². The van der Waals surface area contributed by atoms with Crippen molar-refractivity contribution in [2.75, 3.05) is 6.54 Å². The fraction of sp³-hybridized carbons (Fsp3) is 0.167. The molecule has 5 heteroatoms. The van der Waals surface area contributed by atoms with Crippen LogP contribution in [-0.2, 0) is 10.3 Å². The first kappa shape index (κ1) is 18.9. The normalized spacial score (nSPS) is 18.8. The lowest BCUT2D eigenvalue weighted by molar-refractivity contribution is -0.130. The van der Waals surface area contributed by atoms with Crippen LogP contribution >= 0.6 is 0 Å². The summed E-state index contributed by atoms with van der Waals surface area (Å²) in [5.41, 5.74) is 7.94. The molecule has 2 N–H and O–H groups in total. The van der Waals surface area contributed by atoms with E-state index in [0.29, 0.717) is 12.1 Å². The molecular formula is C24H22FN3O. The van der Waals surface area contributed by atoms with E-state index in [1.165, 1.54) is 12.1 Å². The highest BCUT2D eigenvalue weighted by Crippen LogP contribution is 2.40. The third-order valence-corrected chi connectivity index (χ3v) is 5.19. The lowest BCUT2D eigenvalue weighted by atomic mass is 9.81. The number of nitrogens with zero attached hydrogens (tertiary/aromatic N) is 2. The van der Waals surface area contributed by atoms with E-state index >= 15 is 0 Å². The Morgan fingerprint density at radius 2 is 1.59 bits per heavy atom. The molecule has 0 spiro atoms. The minimum Gasteiger partial charge on any atom is -0.369 e. The number of halogens is 1. The standard InChI is InChI=1S/C24H22FN3O/c1-2-14-28-22(29)24(27-23(28)26,19-10-4-3-5-11-19)20-12-6-8-17(15-20)18-9-7-13-21(25)16-18/h3-13,15-16H,2,14H2,1H3,(H2,26,27). The van der Waals surface area contributed by atoms with Gasteiger partial charge in [0.15, 0.2) is 11.5 Å². The number of carbonyl (C=O) groups excluding carboxylic acids is 1. The fourth-order valence-electron chi connectivity index (χ4n) is 3.83. The van der Waals surface area contributed by atoms with E-state index in [-0.39, 0.29) is 17.7 Å². The van der Waals surface area contributed by atoms with Crippen LogP contribution in [0, 0.1) is 5.82 Å². The van der Waals surface area contributed by atoms with Gasteiger partial charge in [-0.25, -0.2) is 9.38 Å². The minimum absolute atomic E-state index is 0.167. The predicted molar refractivity (Wildman–Crippen MR) is 113 cm³/mol. The molecule has 0 saturated heterocycles. The lowest BCUT2D eigenvalue weighted by Crippen LogP contribution is -2.43. The number of amides is 1. The maximum atomic E-state index is 13.7. The van der Waals surface area contributed by atoms with Crippen molar-refractivity contribution in [1.29, 1.82) is 0 Å². The van der Waals surface area contributed by atoms with Gasteiger partial charge in [0.2, 0.25) is 0 Å². The molecule has 1 unspecified atom stereocenters. The molecule has 4 nitrogen and oxygen atoms in total. The number of carbonyl (C=O) groups is 1. The van der Waals surface area contributed by atoms with Gasteiger partial charge in [-0.3, -0.25) is 9.69 Å². The van der Waals surface area contributed by atoms with Crippen LogP contribution in [0.3, 0.4) is 0 Å². The van der Waals surface area contributed by atoms with Crippen molar-refractivity contribution < 1.29 is 9.18 Å². The monoisotopic (exact) mass is 387 g/mol. The second kappa shape index (κ2) is 7.51. The van der Waals surface area contributed by atoms with Gasteiger partial charge in [0.05, 0.1) is 0 Å². The second-order valence-electron chi connectivity index (χ2n) is 7.09. The molecule has 146 valence electrons. The van der Waals surface area contributed by atoms with Crippen LogP contribution in [0.4, 0.5) is 4.39 Å². The zero-order chi connectivity index (χ0) is 20.4. The number of hydrogen-bond donors (Lipinski definition) is 1. The summed E-state index contributed by atoms with van der Waals surface area (Å²) in [5.74, 6) is -0.254. The Balaban J connectivity index is 1.91. The maximum absolute atomic E-state index is 13.7. The summed E-state index contributed by atoms with van der Waals surface area (Å²) in [7, 11) is 0. The van der Waals surface area contributed by atoms with Crippen LogP contribution in [0.25, 0.3) is 11.1 Å². The second-order valence-corrected chi connectivity index (χ2v) is 7.09. The van der Waals surface area contributed by atoms with Crippen molar-refractivity contribution >= 4 is 11.9 Å². The number of rotatable bonds is 5. The number of aliphatic imine (C=N–C) groups is 1. The summed E-state index contributed by atoms with van der Waals surface area (Å²) in [5, 5.41) is 0. The van der Waals surface area contributed by atoms with Crippen molar-refractivity contribution in [3.05, 3.63) is 95.8 Å². The fourth-order valence-corrected chi connectivity index (χ4v) is 3.83.